The lowest BCUT2D eigenvalue weighted by Gasteiger charge is -2.40. The normalized spacial score (nSPS) is 16.4. The molecule has 0 bridgehead atoms. The molecule has 20 heavy (non-hydrogen) atoms. The van der Waals surface area contributed by atoms with Gasteiger partial charge in [0.05, 0.1) is 12.0 Å². The number of hydrogen-bond donors (Lipinski definition) is 2. The van der Waals surface area contributed by atoms with Gasteiger partial charge in [-0.1, -0.05) is 18.6 Å². The molecule has 1 aliphatic rings. The van der Waals surface area contributed by atoms with Gasteiger partial charge in [0.25, 0.3) is 0 Å². The van der Waals surface area contributed by atoms with Gasteiger partial charge >= 0.3 is 0 Å². The summed E-state index contributed by atoms with van der Waals surface area (Å²) in [6.07, 6.45) is 4.53. The van der Waals surface area contributed by atoms with Crippen molar-refractivity contribution >= 4 is 5.91 Å². The molecule has 0 aliphatic heterocycles. The lowest BCUT2D eigenvalue weighted by Crippen LogP contribution is -2.49. The fourth-order valence-electron chi connectivity index (χ4n) is 2.77. The van der Waals surface area contributed by atoms with E-state index in [1.54, 1.807) is 12.1 Å². The topological polar surface area (TPSA) is 44.9 Å². The zero-order chi connectivity index (χ0) is 14.0. The van der Waals surface area contributed by atoms with Crippen LogP contribution in [0.5, 0.6) is 0 Å². The molecule has 1 aliphatic carbocycles. The van der Waals surface area contributed by atoms with Gasteiger partial charge in [-0.15, -0.1) is 0 Å². The number of carbonyl (C=O) groups excluding carboxylic acids is 1. The molecule has 1 heterocycles. The molecule has 0 radical (unpaired) electrons. The van der Waals surface area contributed by atoms with Crippen LogP contribution in [0, 0.1) is 5.82 Å². The highest BCUT2D eigenvalue weighted by atomic mass is 19.1. The highest BCUT2D eigenvalue weighted by Gasteiger charge is 2.45. The van der Waals surface area contributed by atoms with E-state index in [0.717, 1.165) is 30.5 Å². The summed E-state index contributed by atoms with van der Waals surface area (Å²) < 4.78 is 13.0. The van der Waals surface area contributed by atoms with Gasteiger partial charge in [0.1, 0.15) is 5.82 Å². The Morgan fingerprint density at radius 1 is 1.25 bits per heavy atom. The van der Waals surface area contributed by atoms with Crippen LogP contribution in [-0.2, 0) is 16.8 Å². The maximum atomic E-state index is 13.0. The largest absolute Gasteiger partial charge is 0.364 e. The molecule has 0 atom stereocenters. The molecule has 1 saturated carbocycles. The van der Waals surface area contributed by atoms with Crippen molar-refractivity contribution in [2.24, 2.45) is 0 Å². The molecule has 1 aromatic carbocycles. The van der Waals surface area contributed by atoms with Gasteiger partial charge in [-0.2, -0.15) is 0 Å². The number of halogens is 1. The summed E-state index contributed by atoms with van der Waals surface area (Å²) in [6.45, 7) is 0.495. The molecule has 104 valence electrons. The first kappa shape index (κ1) is 12.9. The van der Waals surface area contributed by atoms with Crippen molar-refractivity contribution < 1.29 is 9.18 Å². The third-order valence-corrected chi connectivity index (χ3v) is 4.14. The molecule has 3 nitrogen and oxygen atoms in total. The second-order valence-electron chi connectivity index (χ2n) is 5.32. The molecule has 2 aromatic rings. The first-order chi connectivity index (χ1) is 9.71. The van der Waals surface area contributed by atoms with E-state index in [0.29, 0.717) is 6.54 Å². The van der Waals surface area contributed by atoms with Gasteiger partial charge < -0.3 is 10.3 Å². The van der Waals surface area contributed by atoms with Gasteiger partial charge in [0.2, 0.25) is 5.91 Å². The van der Waals surface area contributed by atoms with E-state index in [1.165, 1.54) is 12.1 Å². The van der Waals surface area contributed by atoms with E-state index in [1.807, 2.05) is 18.3 Å². The third-order valence-electron chi connectivity index (χ3n) is 4.14. The van der Waals surface area contributed by atoms with Crippen LogP contribution in [0.4, 0.5) is 4.39 Å². The van der Waals surface area contributed by atoms with E-state index in [9.17, 15) is 9.18 Å². The molecule has 0 saturated heterocycles. The second-order valence-corrected chi connectivity index (χ2v) is 5.32. The van der Waals surface area contributed by atoms with Crippen molar-refractivity contribution in [1.29, 1.82) is 0 Å². The maximum Gasteiger partial charge on any atom is 0.230 e. The Morgan fingerprint density at radius 2 is 2.00 bits per heavy atom. The fourth-order valence-corrected chi connectivity index (χ4v) is 2.77. The Balaban J connectivity index is 1.74. The summed E-state index contributed by atoms with van der Waals surface area (Å²) in [5.74, 6) is -0.236. The molecule has 2 N–H and O–H groups in total. The summed E-state index contributed by atoms with van der Waals surface area (Å²) in [7, 11) is 0. The minimum Gasteiger partial charge on any atom is -0.364 e. The molecule has 1 aromatic heterocycles. The van der Waals surface area contributed by atoms with Crippen LogP contribution in [0.1, 0.15) is 30.5 Å². The van der Waals surface area contributed by atoms with Crippen LogP contribution in [-0.4, -0.2) is 10.9 Å². The van der Waals surface area contributed by atoms with Crippen LogP contribution in [0.2, 0.25) is 0 Å². The third kappa shape index (κ3) is 2.22. The summed E-state index contributed by atoms with van der Waals surface area (Å²) in [4.78, 5) is 15.6. The first-order valence-corrected chi connectivity index (χ1v) is 6.87. The maximum absolute atomic E-state index is 13.0. The number of carbonyl (C=O) groups is 1. The van der Waals surface area contributed by atoms with Gasteiger partial charge in [-0.3, -0.25) is 4.79 Å². The highest BCUT2D eigenvalue weighted by molar-refractivity contribution is 5.89. The van der Waals surface area contributed by atoms with Crippen molar-refractivity contribution in [2.75, 3.05) is 0 Å². The number of nitrogens with one attached hydrogen (secondary N) is 2. The minimum absolute atomic E-state index is 0.0324. The zero-order valence-corrected chi connectivity index (χ0v) is 11.2. The van der Waals surface area contributed by atoms with E-state index < -0.39 is 5.41 Å². The average molecular weight is 272 g/mol. The predicted molar refractivity (Wildman–Crippen MR) is 74.6 cm³/mol. The Kier molecular flexibility index (Phi) is 3.30. The summed E-state index contributed by atoms with van der Waals surface area (Å²) in [6, 6.07) is 10.1. The predicted octanol–water partition coefficient (Wildman–Crippen LogP) is 2.89. The monoisotopic (exact) mass is 272 g/mol. The van der Waals surface area contributed by atoms with Crippen molar-refractivity contribution in [3.8, 4) is 0 Å². The van der Waals surface area contributed by atoms with Crippen molar-refractivity contribution in [3.63, 3.8) is 0 Å². The number of aromatic amines is 1. The second kappa shape index (κ2) is 5.12. The lowest BCUT2D eigenvalue weighted by atomic mass is 9.64. The Hall–Kier alpha value is -2.10. The Morgan fingerprint density at radius 3 is 2.55 bits per heavy atom. The molecular formula is C16H17FN2O. The molecule has 0 spiro atoms. The summed E-state index contributed by atoms with van der Waals surface area (Å²) in [5.41, 5.74) is 1.42. The molecule has 1 fully saturated rings. The van der Waals surface area contributed by atoms with E-state index >= 15 is 0 Å². The number of benzene rings is 1. The number of hydrogen-bond acceptors (Lipinski definition) is 1. The minimum atomic E-state index is -0.472. The molecule has 1 amide bonds. The lowest BCUT2D eigenvalue weighted by molar-refractivity contribution is -0.130. The van der Waals surface area contributed by atoms with Gasteiger partial charge in [-0.05, 0) is 42.7 Å². The SMILES string of the molecule is O=C(NCc1ccc[nH]1)C1(c2ccc(F)cc2)CCC1. The summed E-state index contributed by atoms with van der Waals surface area (Å²) >= 11 is 0. The van der Waals surface area contributed by atoms with Crippen molar-refractivity contribution in [2.45, 2.75) is 31.2 Å². The van der Waals surface area contributed by atoms with E-state index in [2.05, 4.69) is 10.3 Å². The number of amides is 1. The van der Waals surface area contributed by atoms with Gasteiger partial charge in [0.15, 0.2) is 0 Å². The van der Waals surface area contributed by atoms with Crippen LogP contribution >= 0.6 is 0 Å². The van der Waals surface area contributed by atoms with E-state index in [4.69, 9.17) is 0 Å². The van der Waals surface area contributed by atoms with Crippen LogP contribution in [0.25, 0.3) is 0 Å². The number of H-pyrrole nitrogens is 1. The fraction of sp³-hybridized carbons (Fsp3) is 0.312. The number of rotatable bonds is 4. The van der Waals surface area contributed by atoms with Crippen LogP contribution in [0.15, 0.2) is 42.6 Å². The van der Waals surface area contributed by atoms with Crippen LogP contribution in [0.3, 0.4) is 0 Å². The number of aromatic nitrogens is 1. The highest BCUT2D eigenvalue weighted by Crippen LogP contribution is 2.44. The van der Waals surface area contributed by atoms with Gasteiger partial charge in [0, 0.05) is 11.9 Å². The average Bonchev–Trinajstić information content (AvgIpc) is 2.90. The molecular weight excluding hydrogens is 255 g/mol. The molecule has 3 rings (SSSR count). The Labute approximate surface area is 117 Å². The van der Waals surface area contributed by atoms with Gasteiger partial charge in [-0.25, -0.2) is 4.39 Å². The summed E-state index contributed by atoms with van der Waals surface area (Å²) in [5, 5.41) is 2.98. The molecule has 4 heteroatoms. The first-order valence-electron chi connectivity index (χ1n) is 6.87. The zero-order valence-electron chi connectivity index (χ0n) is 11.2. The smallest absolute Gasteiger partial charge is 0.230 e. The molecule has 0 unspecified atom stereocenters. The van der Waals surface area contributed by atoms with E-state index in [-0.39, 0.29) is 11.7 Å². The van der Waals surface area contributed by atoms with Crippen molar-refractivity contribution in [3.05, 3.63) is 59.7 Å². The standard InChI is InChI=1S/C16H17FN2O/c17-13-6-4-12(5-7-13)16(8-2-9-16)15(20)19-11-14-3-1-10-18-14/h1,3-7,10,18H,2,8-9,11H2,(H,19,20). The quantitative estimate of drug-likeness (QED) is 0.883. The van der Waals surface area contributed by atoms with Crippen molar-refractivity contribution in [1.82, 2.24) is 10.3 Å². The van der Waals surface area contributed by atoms with Crippen LogP contribution < -0.4 is 5.32 Å². The Bertz CT molecular complexity index is 585.